The summed E-state index contributed by atoms with van der Waals surface area (Å²) in [5.41, 5.74) is 0.705. The molecule has 1 aliphatic rings. The van der Waals surface area contributed by atoms with Gasteiger partial charge in [0.05, 0.1) is 13.5 Å². The molecule has 0 unspecified atom stereocenters. The molecule has 0 N–H and O–H groups in total. The van der Waals surface area contributed by atoms with Crippen LogP contribution in [0.2, 0.25) is 0 Å². The molecular weight excluding hydrogens is 235 g/mol. The van der Waals surface area contributed by atoms with Crippen LogP contribution in [0.15, 0.2) is 24.3 Å². The van der Waals surface area contributed by atoms with E-state index in [9.17, 15) is 9.18 Å². The number of rotatable bonds is 3. The summed E-state index contributed by atoms with van der Waals surface area (Å²) < 4.78 is 23.1. The minimum Gasteiger partial charge on any atom is -0.469 e. The number of halogens is 1. The summed E-state index contributed by atoms with van der Waals surface area (Å²) in [7, 11) is 1.39. The Kier molecular flexibility index (Phi) is 3.97. The summed E-state index contributed by atoms with van der Waals surface area (Å²) in [5, 5.41) is 0. The third-order valence-corrected chi connectivity index (χ3v) is 3.62. The van der Waals surface area contributed by atoms with Crippen LogP contribution in [0.3, 0.4) is 0 Å². The van der Waals surface area contributed by atoms with Gasteiger partial charge in [0.1, 0.15) is 5.82 Å². The van der Waals surface area contributed by atoms with Gasteiger partial charge in [0, 0.05) is 18.6 Å². The van der Waals surface area contributed by atoms with Gasteiger partial charge in [-0.05, 0) is 30.5 Å². The van der Waals surface area contributed by atoms with Crippen molar-refractivity contribution in [2.75, 3.05) is 20.3 Å². The summed E-state index contributed by atoms with van der Waals surface area (Å²) in [6.07, 6.45) is 1.83. The summed E-state index contributed by atoms with van der Waals surface area (Å²) in [5.74, 6) is -0.500. The molecule has 1 heterocycles. The van der Waals surface area contributed by atoms with Crippen molar-refractivity contribution < 1.29 is 18.7 Å². The predicted octanol–water partition coefficient (Wildman–Crippen LogP) is 2.44. The van der Waals surface area contributed by atoms with Crippen LogP contribution in [-0.4, -0.2) is 26.3 Å². The number of ether oxygens (including phenoxy) is 2. The van der Waals surface area contributed by atoms with E-state index >= 15 is 0 Å². The highest BCUT2D eigenvalue weighted by Crippen LogP contribution is 2.38. The lowest BCUT2D eigenvalue weighted by Gasteiger charge is -2.36. The van der Waals surface area contributed by atoms with Crippen molar-refractivity contribution in [2.45, 2.75) is 24.7 Å². The van der Waals surface area contributed by atoms with Crippen LogP contribution in [0.5, 0.6) is 0 Å². The molecule has 1 aromatic carbocycles. The van der Waals surface area contributed by atoms with E-state index in [1.165, 1.54) is 19.2 Å². The lowest BCUT2D eigenvalue weighted by Crippen LogP contribution is -2.36. The first kappa shape index (κ1) is 13.0. The Bertz CT molecular complexity index is 408. The van der Waals surface area contributed by atoms with Crippen LogP contribution >= 0.6 is 0 Å². The molecule has 0 aliphatic carbocycles. The van der Waals surface area contributed by atoms with Gasteiger partial charge in [-0.15, -0.1) is 0 Å². The molecular formula is C14H17FO3. The maximum absolute atomic E-state index is 13.0. The van der Waals surface area contributed by atoms with Gasteiger partial charge in [-0.3, -0.25) is 4.79 Å². The quantitative estimate of drug-likeness (QED) is 0.775. The first-order valence-electron chi connectivity index (χ1n) is 6.07. The van der Waals surface area contributed by atoms with E-state index in [1.807, 2.05) is 0 Å². The molecule has 4 heteroatoms. The summed E-state index contributed by atoms with van der Waals surface area (Å²) in [6, 6.07) is 6.38. The molecule has 0 bridgehead atoms. The predicted molar refractivity (Wildman–Crippen MR) is 64.8 cm³/mol. The fraction of sp³-hybridized carbons (Fsp3) is 0.500. The highest BCUT2D eigenvalue weighted by Gasteiger charge is 2.36. The molecule has 1 aromatic rings. The van der Waals surface area contributed by atoms with Crippen molar-refractivity contribution in [1.82, 2.24) is 0 Å². The minimum atomic E-state index is -0.279. The average molecular weight is 252 g/mol. The van der Waals surface area contributed by atoms with E-state index in [0.29, 0.717) is 19.6 Å². The molecule has 0 atom stereocenters. The number of hydrogen-bond donors (Lipinski definition) is 0. The van der Waals surface area contributed by atoms with Crippen LogP contribution in [0, 0.1) is 5.82 Å². The molecule has 0 spiro atoms. The van der Waals surface area contributed by atoms with Crippen molar-refractivity contribution in [3.63, 3.8) is 0 Å². The maximum atomic E-state index is 13.0. The van der Waals surface area contributed by atoms with Gasteiger partial charge in [-0.1, -0.05) is 12.1 Å². The number of carbonyl (C=O) groups excluding carboxylic acids is 1. The zero-order valence-electron chi connectivity index (χ0n) is 10.4. The number of methoxy groups -OCH3 is 1. The molecule has 0 radical (unpaired) electrons. The second-order valence-electron chi connectivity index (χ2n) is 4.65. The number of hydrogen-bond acceptors (Lipinski definition) is 3. The third kappa shape index (κ3) is 2.70. The Morgan fingerprint density at radius 3 is 2.50 bits per heavy atom. The van der Waals surface area contributed by atoms with Gasteiger partial charge < -0.3 is 9.47 Å². The lowest BCUT2D eigenvalue weighted by atomic mass is 9.72. The van der Waals surface area contributed by atoms with Crippen LogP contribution in [0.1, 0.15) is 24.8 Å². The Balaban J connectivity index is 2.28. The van der Waals surface area contributed by atoms with E-state index in [1.54, 1.807) is 12.1 Å². The maximum Gasteiger partial charge on any atom is 0.306 e. The molecule has 18 heavy (non-hydrogen) atoms. The zero-order chi connectivity index (χ0) is 13.0. The zero-order valence-corrected chi connectivity index (χ0v) is 10.4. The molecule has 1 aliphatic heterocycles. The van der Waals surface area contributed by atoms with E-state index in [0.717, 1.165) is 18.4 Å². The Hall–Kier alpha value is -1.42. The fourth-order valence-corrected chi connectivity index (χ4v) is 2.48. The molecule has 1 fully saturated rings. The molecule has 0 aromatic heterocycles. The molecule has 2 rings (SSSR count). The molecule has 0 saturated carbocycles. The molecule has 1 saturated heterocycles. The Morgan fingerprint density at radius 2 is 1.94 bits per heavy atom. The lowest BCUT2D eigenvalue weighted by molar-refractivity contribution is -0.143. The first-order chi connectivity index (χ1) is 8.66. The first-order valence-corrected chi connectivity index (χ1v) is 6.07. The summed E-state index contributed by atoms with van der Waals surface area (Å²) in [4.78, 5) is 11.6. The molecule has 0 amide bonds. The normalized spacial score (nSPS) is 18.3. The average Bonchev–Trinajstić information content (AvgIpc) is 2.40. The highest BCUT2D eigenvalue weighted by atomic mass is 19.1. The van der Waals surface area contributed by atoms with E-state index in [2.05, 4.69) is 0 Å². The van der Waals surface area contributed by atoms with Crippen molar-refractivity contribution in [3.05, 3.63) is 35.6 Å². The summed E-state index contributed by atoms with van der Waals surface area (Å²) >= 11 is 0. The van der Waals surface area contributed by atoms with Gasteiger partial charge in [-0.2, -0.15) is 0 Å². The second kappa shape index (κ2) is 5.48. The highest BCUT2D eigenvalue weighted by molar-refractivity contribution is 5.71. The van der Waals surface area contributed by atoms with Gasteiger partial charge in [0.25, 0.3) is 0 Å². The van der Waals surface area contributed by atoms with Gasteiger partial charge in [0.15, 0.2) is 0 Å². The summed E-state index contributed by atoms with van der Waals surface area (Å²) in [6.45, 7) is 1.24. The van der Waals surface area contributed by atoms with Gasteiger partial charge >= 0.3 is 5.97 Å². The van der Waals surface area contributed by atoms with Gasteiger partial charge in [-0.25, -0.2) is 4.39 Å². The number of esters is 1. The van der Waals surface area contributed by atoms with Crippen molar-refractivity contribution in [3.8, 4) is 0 Å². The monoisotopic (exact) mass is 252 g/mol. The van der Waals surface area contributed by atoms with E-state index in [-0.39, 0.29) is 17.2 Å². The molecule has 3 nitrogen and oxygen atoms in total. The number of benzene rings is 1. The van der Waals surface area contributed by atoms with Gasteiger partial charge in [0.2, 0.25) is 0 Å². The fourth-order valence-electron chi connectivity index (χ4n) is 2.48. The molecule has 98 valence electrons. The van der Waals surface area contributed by atoms with Crippen molar-refractivity contribution in [2.24, 2.45) is 0 Å². The smallest absolute Gasteiger partial charge is 0.306 e. The van der Waals surface area contributed by atoms with Crippen molar-refractivity contribution in [1.29, 1.82) is 0 Å². The standard InChI is InChI=1S/C14H17FO3/c1-17-13(16)10-14(6-8-18-9-7-14)11-2-4-12(15)5-3-11/h2-5H,6-10H2,1H3. The van der Waals surface area contributed by atoms with Crippen LogP contribution in [0.25, 0.3) is 0 Å². The largest absolute Gasteiger partial charge is 0.469 e. The number of carbonyl (C=O) groups is 1. The Morgan fingerprint density at radius 1 is 1.33 bits per heavy atom. The van der Waals surface area contributed by atoms with Crippen molar-refractivity contribution >= 4 is 5.97 Å². The third-order valence-electron chi connectivity index (χ3n) is 3.62. The van der Waals surface area contributed by atoms with Crippen LogP contribution < -0.4 is 0 Å². The van der Waals surface area contributed by atoms with Crippen LogP contribution in [-0.2, 0) is 19.7 Å². The Labute approximate surface area is 106 Å². The van der Waals surface area contributed by atoms with E-state index in [4.69, 9.17) is 9.47 Å². The topological polar surface area (TPSA) is 35.5 Å². The van der Waals surface area contributed by atoms with E-state index < -0.39 is 0 Å². The SMILES string of the molecule is COC(=O)CC1(c2ccc(F)cc2)CCOCC1. The second-order valence-corrected chi connectivity index (χ2v) is 4.65. The van der Waals surface area contributed by atoms with Crippen LogP contribution in [0.4, 0.5) is 4.39 Å². The minimum absolute atomic E-state index is 0.235.